The van der Waals surface area contributed by atoms with E-state index in [1.807, 2.05) is 0 Å². The Morgan fingerprint density at radius 1 is 1.32 bits per heavy atom. The quantitative estimate of drug-likeness (QED) is 0.789. The molecule has 0 saturated carbocycles. The van der Waals surface area contributed by atoms with E-state index < -0.39 is 24.5 Å². The number of nitrogens with one attached hydrogen (secondary N) is 1. The molecule has 2 aromatic rings. The predicted octanol–water partition coefficient (Wildman–Crippen LogP) is 1.96. The number of aromatic nitrogens is 2. The molecule has 3 N–H and O–H groups in total. The van der Waals surface area contributed by atoms with Gasteiger partial charge in [-0.15, -0.1) is 0 Å². The fourth-order valence-electron chi connectivity index (χ4n) is 1.89. The maximum atomic E-state index is 13.0. The molecule has 22 heavy (non-hydrogen) atoms. The predicted molar refractivity (Wildman–Crippen MR) is 74.9 cm³/mol. The van der Waals surface area contributed by atoms with E-state index in [4.69, 9.17) is 5.11 Å². The number of alkyl halides is 3. The third-order valence-electron chi connectivity index (χ3n) is 3.01. The smallest absolute Gasteiger partial charge is 0.394 e. The summed E-state index contributed by atoms with van der Waals surface area (Å²) in [6.07, 6.45) is -2.50. The number of aryl methyl sites for hydroxylation is 1. The lowest BCUT2D eigenvalue weighted by atomic mass is 10.1. The maximum Gasteiger partial charge on any atom is 0.416 e. The summed E-state index contributed by atoms with van der Waals surface area (Å²) in [7, 11) is 0. The van der Waals surface area contributed by atoms with Gasteiger partial charge < -0.3 is 20.1 Å². The molecule has 1 atom stereocenters. The van der Waals surface area contributed by atoms with Crippen LogP contribution in [0.15, 0.2) is 30.7 Å². The minimum absolute atomic E-state index is 0.0554. The van der Waals surface area contributed by atoms with Gasteiger partial charge in [-0.3, -0.25) is 0 Å². The highest BCUT2D eigenvalue weighted by atomic mass is 19.4. The Hall–Kier alpha value is -2.06. The number of halogens is 3. The van der Waals surface area contributed by atoms with Crippen LogP contribution in [0.4, 0.5) is 18.9 Å². The number of hydrogen-bond acceptors (Lipinski definition) is 4. The van der Waals surface area contributed by atoms with Crippen molar-refractivity contribution >= 4 is 5.69 Å². The first kappa shape index (κ1) is 16.3. The minimum Gasteiger partial charge on any atom is -0.394 e. The number of hydrogen-bond donors (Lipinski definition) is 3. The van der Waals surface area contributed by atoms with Crippen LogP contribution in [0.1, 0.15) is 11.3 Å². The van der Waals surface area contributed by atoms with Crippen LogP contribution in [-0.2, 0) is 6.18 Å². The number of imidazole rings is 1. The van der Waals surface area contributed by atoms with E-state index in [2.05, 4.69) is 10.3 Å². The lowest BCUT2D eigenvalue weighted by Gasteiger charge is -2.15. The van der Waals surface area contributed by atoms with Crippen molar-refractivity contribution in [3.8, 4) is 5.69 Å². The van der Waals surface area contributed by atoms with Crippen LogP contribution in [0.5, 0.6) is 0 Å². The number of aliphatic hydroxyl groups is 2. The van der Waals surface area contributed by atoms with Gasteiger partial charge in [0.05, 0.1) is 30.3 Å². The van der Waals surface area contributed by atoms with Crippen LogP contribution >= 0.6 is 0 Å². The first-order chi connectivity index (χ1) is 10.3. The molecular formula is C14H16F3N3O2. The van der Waals surface area contributed by atoms with Crippen molar-refractivity contribution in [1.29, 1.82) is 0 Å². The van der Waals surface area contributed by atoms with Crippen molar-refractivity contribution in [3.05, 3.63) is 42.0 Å². The molecule has 5 nitrogen and oxygen atoms in total. The summed E-state index contributed by atoms with van der Waals surface area (Å²) in [5.74, 6) is 0. The highest BCUT2D eigenvalue weighted by molar-refractivity contribution is 5.55. The molecule has 0 bridgehead atoms. The Bertz CT molecular complexity index is 641. The SMILES string of the molecule is Cc1cn(-c2cc(NCC(O)CO)cc(C(F)(F)F)c2)cn1. The molecule has 0 aliphatic heterocycles. The zero-order chi connectivity index (χ0) is 16.3. The lowest BCUT2D eigenvalue weighted by molar-refractivity contribution is -0.137. The van der Waals surface area contributed by atoms with E-state index >= 15 is 0 Å². The Morgan fingerprint density at radius 2 is 2.05 bits per heavy atom. The first-order valence-corrected chi connectivity index (χ1v) is 6.55. The van der Waals surface area contributed by atoms with Gasteiger partial charge in [0, 0.05) is 24.1 Å². The molecule has 0 spiro atoms. The zero-order valence-electron chi connectivity index (χ0n) is 11.8. The molecule has 0 amide bonds. The molecular weight excluding hydrogens is 299 g/mol. The number of anilines is 1. The monoisotopic (exact) mass is 315 g/mol. The summed E-state index contributed by atoms with van der Waals surface area (Å²) in [4.78, 5) is 3.99. The maximum absolute atomic E-state index is 13.0. The van der Waals surface area contributed by atoms with E-state index in [-0.39, 0.29) is 12.2 Å². The molecule has 1 aromatic heterocycles. The van der Waals surface area contributed by atoms with Gasteiger partial charge >= 0.3 is 6.18 Å². The minimum atomic E-state index is -4.49. The fourth-order valence-corrected chi connectivity index (χ4v) is 1.89. The van der Waals surface area contributed by atoms with E-state index in [9.17, 15) is 18.3 Å². The number of benzene rings is 1. The van der Waals surface area contributed by atoms with Crippen LogP contribution in [0.3, 0.4) is 0 Å². The molecule has 0 saturated heterocycles. The second-order valence-electron chi connectivity index (χ2n) is 4.91. The van der Waals surface area contributed by atoms with Gasteiger partial charge in [0.25, 0.3) is 0 Å². The Kier molecular flexibility index (Phi) is 4.72. The van der Waals surface area contributed by atoms with Crippen LogP contribution in [0.25, 0.3) is 5.69 Å². The van der Waals surface area contributed by atoms with Gasteiger partial charge in [-0.25, -0.2) is 4.98 Å². The van der Waals surface area contributed by atoms with Crippen molar-refractivity contribution in [3.63, 3.8) is 0 Å². The Morgan fingerprint density at radius 3 is 2.59 bits per heavy atom. The van der Waals surface area contributed by atoms with Crippen LogP contribution in [-0.4, -0.2) is 39.0 Å². The molecule has 8 heteroatoms. The number of rotatable bonds is 5. The molecule has 0 radical (unpaired) electrons. The van der Waals surface area contributed by atoms with Crippen LogP contribution in [0, 0.1) is 6.92 Å². The van der Waals surface area contributed by atoms with Crippen LogP contribution in [0.2, 0.25) is 0 Å². The highest BCUT2D eigenvalue weighted by Crippen LogP contribution is 2.33. The van der Waals surface area contributed by atoms with Crippen molar-refractivity contribution in [2.24, 2.45) is 0 Å². The van der Waals surface area contributed by atoms with E-state index in [1.165, 1.54) is 17.0 Å². The van der Waals surface area contributed by atoms with Crippen molar-refractivity contribution in [2.45, 2.75) is 19.2 Å². The average Bonchev–Trinajstić information content (AvgIpc) is 2.90. The summed E-state index contributed by atoms with van der Waals surface area (Å²) in [6.45, 7) is 1.21. The molecule has 2 rings (SSSR count). The summed E-state index contributed by atoms with van der Waals surface area (Å²) in [5, 5.41) is 20.7. The van der Waals surface area contributed by atoms with Gasteiger partial charge in [-0.2, -0.15) is 13.2 Å². The summed E-state index contributed by atoms with van der Waals surface area (Å²) in [5.41, 5.74) is 0.375. The molecule has 0 fully saturated rings. The summed E-state index contributed by atoms with van der Waals surface area (Å²) >= 11 is 0. The molecule has 1 aromatic carbocycles. The molecule has 0 aliphatic rings. The van der Waals surface area contributed by atoms with Gasteiger partial charge in [0.2, 0.25) is 0 Å². The van der Waals surface area contributed by atoms with E-state index in [0.29, 0.717) is 11.4 Å². The molecule has 120 valence electrons. The third kappa shape index (κ3) is 3.99. The summed E-state index contributed by atoms with van der Waals surface area (Å²) < 4.78 is 40.5. The third-order valence-corrected chi connectivity index (χ3v) is 3.01. The molecule has 1 heterocycles. The molecule has 1 unspecified atom stereocenters. The van der Waals surface area contributed by atoms with E-state index in [1.54, 1.807) is 13.1 Å². The van der Waals surface area contributed by atoms with Crippen molar-refractivity contribution in [2.75, 3.05) is 18.5 Å². The summed E-state index contributed by atoms with van der Waals surface area (Å²) in [6, 6.07) is 3.49. The van der Waals surface area contributed by atoms with Gasteiger partial charge in [0.15, 0.2) is 0 Å². The molecule has 0 aliphatic carbocycles. The Balaban J connectivity index is 2.37. The van der Waals surface area contributed by atoms with E-state index in [0.717, 1.165) is 12.1 Å². The van der Waals surface area contributed by atoms with Gasteiger partial charge in [0.1, 0.15) is 0 Å². The largest absolute Gasteiger partial charge is 0.416 e. The normalized spacial score (nSPS) is 13.2. The topological polar surface area (TPSA) is 70.3 Å². The zero-order valence-corrected chi connectivity index (χ0v) is 11.8. The van der Waals surface area contributed by atoms with Gasteiger partial charge in [-0.1, -0.05) is 0 Å². The fraction of sp³-hybridized carbons (Fsp3) is 0.357. The average molecular weight is 315 g/mol. The van der Waals surface area contributed by atoms with Crippen LogP contribution < -0.4 is 5.32 Å². The first-order valence-electron chi connectivity index (χ1n) is 6.55. The highest BCUT2D eigenvalue weighted by Gasteiger charge is 2.31. The van der Waals surface area contributed by atoms with Crippen molar-refractivity contribution < 1.29 is 23.4 Å². The van der Waals surface area contributed by atoms with Crippen molar-refractivity contribution in [1.82, 2.24) is 9.55 Å². The lowest BCUT2D eigenvalue weighted by Crippen LogP contribution is -2.23. The Labute approximate surface area is 125 Å². The second kappa shape index (κ2) is 6.37. The second-order valence-corrected chi connectivity index (χ2v) is 4.91. The number of nitrogens with zero attached hydrogens (tertiary/aromatic N) is 2. The standard InChI is InChI=1S/C14H16F3N3O2/c1-9-6-20(8-19-9)12-3-10(14(15,16)17)2-11(4-12)18-5-13(22)7-21/h2-4,6,8,13,18,21-22H,5,7H2,1H3. The number of aliphatic hydroxyl groups excluding tert-OH is 2. The van der Waals surface area contributed by atoms with Gasteiger partial charge in [-0.05, 0) is 25.1 Å².